The molecule has 0 unspecified atom stereocenters. The Morgan fingerprint density at radius 1 is 1.22 bits per heavy atom. The highest BCUT2D eigenvalue weighted by Gasteiger charge is 2.17. The predicted molar refractivity (Wildman–Crippen MR) is 69.1 cm³/mol. The molecule has 1 aliphatic rings. The number of anilines is 1. The number of aromatic nitrogens is 3. The van der Waals surface area contributed by atoms with Crippen molar-refractivity contribution in [3.63, 3.8) is 0 Å². The zero-order chi connectivity index (χ0) is 12.4. The van der Waals surface area contributed by atoms with E-state index in [2.05, 4.69) is 21.9 Å². The summed E-state index contributed by atoms with van der Waals surface area (Å²) < 4.78 is 7.20. The standard InChI is InChI=1S/C13H16N4O/c1-11-10-17(12-4-2-3-5-14-12)15-13(11)16-6-8-18-9-7-16/h2-5,10H,6-9H2,1H3. The molecule has 2 aromatic rings. The van der Waals surface area contributed by atoms with E-state index >= 15 is 0 Å². The minimum absolute atomic E-state index is 0.774. The Morgan fingerprint density at radius 3 is 2.78 bits per heavy atom. The highest BCUT2D eigenvalue weighted by atomic mass is 16.5. The number of pyridine rings is 1. The van der Waals surface area contributed by atoms with Crippen LogP contribution in [0.4, 0.5) is 5.82 Å². The van der Waals surface area contributed by atoms with Gasteiger partial charge in [-0.05, 0) is 19.1 Å². The Labute approximate surface area is 106 Å². The number of rotatable bonds is 2. The van der Waals surface area contributed by atoms with Crippen LogP contribution in [-0.2, 0) is 4.74 Å². The maximum atomic E-state index is 5.36. The average Bonchev–Trinajstić information content (AvgIpc) is 2.83. The lowest BCUT2D eigenvalue weighted by Gasteiger charge is -2.27. The fourth-order valence-corrected chi connectivity index (χ4v) is 2.15. The van der Waals surface area contributed by atoms with Gasteiger partial charge in [0.25, 0.3) is 0 Å². The summed E-state index contributed by atoms with van der Waals surface area (Å²) in [5.74, 6) is 1.88. The van der Waals surface area contributed by atoms with Gasteiger partial charge in [0, 0.05) is 31.0 Å². The second-order valence-corrected chi connectivity index (χ2v) is 4.37. The largest absolute Gasteiger partial charge is 0.378 e. The highest BCUT2D eigenvalue weighted by molar-refractivity contribution is 5.47. The first-order valence-electron chi connectivity index (χ1n) is 6.15. The second-order valence-electron chi connectivity index (χ2n) is 4.37. The smallest absolute Gasteiger partial charge is 0.154 e. The molecular formula is C13H16N4O. The van der Waals surface area contributed by atoms with Crippen LogP contribution >= 0.6 is 0 Å². The van der Waals surface area contributed by atoms with Gasteiger partial charge in [0.1, 0.15) is 0 Å². The quantitative estimate of drug-likeness (QED) is 0.801. The topological polar surface area (TPSA) is 43.2 Å². The SMILES string of the molecule is Cc1cn(-c2ccccn2)nc1N1CCOCC1. The summed E-state index contributed by atoms with van der Waals surface area (Å²) in [5.41, 5.74) is 1.17. The summed E-state index contributed by atoms with van der Waals surface area (Å²) in [6.07, 6.45) is 3.80. The lowest BCUT2D eigenvalue weighted by molar-refractivity contribution is 0.122. The van der Waals surface area contributed by atoms with Crippen molar-refractivity contribution in [3.8, 4) is 5.82 Å². The summed E-state index contributed by atoms with van der Waals surface area (Å²) in [6.45, 7) is 5.43. The third kappa shape index (κ3) is 2.09. The minimum atomic E-state index is 0.774. The molecule has 5 nitrogen and oxygen atoms in total. The predicted octanol–water partition coefficient (Wildman–Crippen LogP) is 1.41. The van der Waals surface area contributed by atoms with Crippen molar-refractivity contribution in [1.82, 2.24) is 14.8 Å². The van der Waals surface area contributed by atoms with Crippen LogP contribution in [0.1, 0.15) is 5.56 Å². The third-order valence-corrected chi connectivity index (χ3v) is 3.07. The van der Waals surface area contributed by atoms with E-state index in [1.54, 1.807) is 6.20 Å². The molecule has 1 aliphatic heterocycles. The van der Waals surface area contributed by atoms with Gasteiger partial charge in [0.2, 0.25) is 0 Å². The number of hydrogen-bond acceptors (Lipinski definition) is 4. The lowest BCUT2D eigenvalue weighted by Crippen LogP contribution is -2.36. The monoisotopic (exact) mass is 244 g/mol. The molecule has 94 valence electrons. The Kier molecular flexibility index (Phi) is 2.98. The van der Waals surface area contributed by atoms with Crippen molar-refractivity contribution >= 4 is 5.82 Å². The third-order valence-electron chi connectivity index (χ3n) is 3.07. The van der Waals surface area contributed by atoms with Gasteiger partial charge in [-0.25, -0.2) is 9.67 Å². The fraction of sp³-hybridized carbons (Fsp3) is 0.385. The fourth-order valence-electron chi connectivity index (χ4n) is 2.15. The van der Waals surface area contributed by atoms with Gasteiger partial charge in [0.15, 0.2) is 11.6 Å². The summed E-state index contributed by atoms with van der Waals surface area (Å²) in [7, 11) is 0. The molecule has 0 N–H and O–H groups in total. The van der Waals surface area contributed by atoms with Crippen LogP contribution in [0, 0.1) is 6.92 Å². The Bertz CT molecular complexity index is 517. The number of ether oxygens (including phenoxy) is 1. The molecule has 0 amide bonds. The van der Waals surface area contributed by atoms with Crippen LogP contribution in [-0.4, -0.2) is 41.1 Å². The van der Waals surface area contributed by atoms with Crippen LogP contribution in [0.25, 0.3) is 5.82 Å². The minimum Gasteiger partial charge on any atom is -0.378 e. The van der Waals surface area contributed by atoms with Crippen LogP contribution in [0.15, 0.2) is 30.6 Å². The summed E-state index contributed by atoms with van der Waals surface area (Å²) in [6, 6.07) is 5.83. The molecule has 0 spiro atoms. The van der Waals surface area contributed by atoms with E-state index in [-0.39, 0.29) is 0 Å². The molecule has 5 heteroatoms. The Balaban J connectivity index is 1.91. The van der Waals surface area contributed by atoms with E-state index in [4.69, 9.17) is 4.74 Å². The highest BCUT2D eigenvalue weighted by Crippen LogP contribution is 2.20. The maximum absolute atomic E-state index is 5.36. The molecule has 3 heterocycles. The molecule has 1 saturated heterocycles. The van der Waals surface area contributed by atoms with E-state index in [0.29, 0.717) is 0 Å². The van der Waals surface area contributed by atoms with Crippen LogP contribution < -0.4 is 4.90 Å². The first-order chi connectivity index (χ1) is 8.84. The Morgan fingerprint density at radius 2 is 2.06 bits per heavy atom. The summed E-state index contributed by atoms with van der Waals surface area (Å²) >= 11 is 0. The average molecular weight is 244 g/mol. The molecule has 18 heavy (non-hydrogen) atoms. The Hall–Kier alpha value is -1.88. The molecule has 0 radical (unpaired) electrons. The lowest BCUT2D eigenvalue weighted by atomic mass is 10.3. The van der Waals surface area contributed by atoms with E-state index in [1.807, 2.05) is 29.1 Å². The number of nitrogens with zero attached hydrogens (tertiary/aromatic N) is 4. The molecule has 0 saturated carbocycles. The zero-order valence-electron chi connectivity index (χ0n) is 10.4. The van der Waals surface area contributed by atoms with Gasteiger partial charge in [-0.15, -0.1) is 5.10 Å². The number of aryl methyl sites for hydroxylation is 1. The van der Waals surface area contributed by atoms with E-state index < -0.39 is 0 Å². The molecular weight excluding hydrogens is 228 g/mol. The molecule has 0 bridgehead atoms. The van der Waals surface area contributed by atoms with Crippen molar-refractivity contribution in [2.45, 2.75) is 6.92 Å². The maximum Gasteiger partial charge on any atom is 0.154 e. The molecule has 0 atom stereocenters. The van der Waals surface area contributed by atoms with Crippen molar-refractivity contribution in [2.24, 2.45) is 0 Å². The van der Waals surface area contributed by atoms with Crippen LogP contribution in [0.2, 0.25) is 0 Å². The van der Waals surface area contributed by atoms with E-state index in [1.165, 1.54) is 5.56 Å². The van der Waals surface area contributed by atoms with Crippen molar-refractivity contribution in [1.29, 1.82) is 0 Å². The second kappa shape index (κ2) is 4.78. The van der Waals surface area contributed by atoms with Gasteiger partial charge in [-0.1, -0.05) is 6.07 Å². The van der Waals surface area contributed by atoms with Crippen LogP contribution in [0.3, 0.4) is 0 Å². The molecule has 3 rings (SSSR count). The van der Waals surface area contributed by atoms with Gasteiger partial charge < -0.3 is 9.64 Å². The van der Waals surface area contributed by atoms with Crippen molar-refractivity contribution in [2.75, 3.05) is 31.2 Å². The zero-order valence-corrected chi connectivity index (χ0v) is 10.4. The van der Waals surface area contributed by atoms with E-state index in [0.717, 1.165) is 37.9 Å². The van der Waals surface area contributed by atoms with Gasteiger partial charge >= 0.3 is 0 Å². The van der Waals surface area contributed by atoms with Gasteiger partial charge in [0.05, 0.1) is 13.2 Å². The summed E-state index contributed by atoms with van der Waals surface area (Å²) in [4.78, 5) is 6.57. The van der Waals surface area contributed by atoms with Gasteiger partial charge in [-0.3, -0.25) is 0 Å². The summed E-state index contributed by atoms with van der Waals surface area (Å²) in [5, 5.41) is 4.63. The molecule has 0 aliphatic carbocycles. The first kappa shape index (κ1) is 11.2. The normalized spacial score (nSPS) is 15.9. The van der Waals surface area contributed by atoms with Gasteiger partial charge in [-0.2, -0.15) is 0 Å². The molecule has 2 aromatic heterocycles. The number of morpholine rings is 1. The molecule has 1 fully saturated rings. The van der Waals surface area contributed by atoms with Crippen molar-refractivity contribution < 1.29 is 4.74 Å². The van der Waals surface area contributed by atoms with Crippen LogP contribution in [0.5, 0.6) is 0 Å². The van der Waals surface area contributed by atoms with Crippen molar-refractivity contribution in [3.05, 3.63) is 36.2 Å². The number of hydrogen-bond donors (Lipinski definition) is 0. The molecule has 0 aromatic carbocycles. The first-order valence-corrected chi connectivity index (χ1v) is 6.15. The van der Waals surface area contributed by atoms with E-state index in [9.17, 15) is 0 Å².